The van der Waals surface area contributed by atoms with Gasteiger partial charge in [-0.1, -0.05) is 19.9 Å². The third-order valence-electron chi connectivity index (χ3n) is 2.97. The Hall–Kier alpha value is -1.02. The van der Waals surface area contributed by atoms with Gasteiger partial charge in [0.1, 0.15) is 18.5 Å². The van der Waals surface area contributed by atoms with Gasteiger partial charge in [0.05, 0.1) is 0 Å². The number of fused-ring (bicyclic) bond motifs is 1. The Balaban J connectivity index is 2.34. The van der Waals surface area contributed by atoms with Crippen LogP contribution in [0.5, 0.6) is 5.75 Å². The summed E-state index contributed by atoms with van der Waals surface area (Å²) < 4.78 is 5.33. The highest BCUT2D eigenvalue weighted by Gasteiger charge is 2.22. The van der Waals surface area contributed by atoms with Gasteiger partial charge in [-0.2, -0.15) is 0 Å². The lowest BCUT2D eigenvalue weighted by atomic mass is 9.96. The Bertz CT molecular complexity index is 333. The van der Waals surface area contributed by atoms with Gasteiger partial charge in [-0.05, 0) is 30.0 Å². The minimum Gasteiger partial charge on any atom is -0.490 e. The summed E-state index contributed by atoms with van der Waals surface area (Å²) in [6.07, 6.45) is 0.685. The lowest BCUT2D eigenvalue weighted by molar-refractivity contribution is 0.140. The average molecular weight is 192 g/mol. The third-order valence-corrected chi connectivity index (χ3v) is 2.97. The number of rotatable bonds is 2. The van der Waals surface area contributed by atoms with Gasteiger partial charge in [0, 0.05) is 5.56 Å². The van der Waals surface area contributed by atoms with Gasteiger partial charge in [-0.25, -0.2) is 0 Å². The fourth-order valence-electron chi connectivity index (χ4n) is 1.76. The van der Waals surface area contributed by atoms with Crippen molar-refractivity contribution in [2.45, 2.75) is 32.3 Å². The van der Waals surface area contributed by atoms with Crippen LogP contribution in [-0.4, -0.2) is 11.7 Å². The number of benzene rings is 1. The molecule has 0 aliphatic carbocycles. The van der Waals surface area contributed by atoms with Gasteiger partial charge in [0.15, 0.2) is 0 Å². The maximum atomic E-state index is 9.64. The minimum absolute atomic E-state index is 0.402. The van der Waals surface area contributed by atoms with Crippen molar-refractivity contribution in [3.8, 4) is 5.75 Å². The van der Waals surface area contributed by atoms with E-state index in [1.807, 2.05) is 6.07 Å². The van der Waals surface area contributed by atoms with Gasteiger partial charge in [-0.3, -0.25) is 0 Å². The molecule has 0 saturated carbocycles. The molecule has 0 saturated heterocycles. The van der Waals surface area contributed by atoms with Crippen LogP contribution in [0.25, 0.3) is 0 Å². The molecule has 2 rings (SSSR count). The molecule has 2 atom stereocenters. The smallest absolute Gasteiger partial charge is 0.125 e. The highest BCUT2D eigenvalue weighted by molar-refractivity contribution is 5.42. The second-order valence-corrected chi connectivity index (χ2v) is 3.93. The number of aliphatic hydroxyl groups is 1. The second-order valence-electron chi connectivity index (χ2n) is 3.93. The summed E-state index contributed by atoms with van der Waals surface area (Å²) >= 11 is 0. The number of aliphatic hydroxyl groups excluding tert-OH is 1. The molecule has 14 heavy (non-hydrogen) atoms. The van der Waals surface area contributed by atoms with E-state index < -0.39 is 6.10 Å². The predicted octanol–water partition coefficient (Wildman–Crippen LogP) is 2.63. The first kappa shape index (κ1) is 9.53. The van der Waals surface area contributed by atoms with Crippen LogP contribution in [0.2, 0.25) is 0 Å². The number of ether oxygens (including phenoxy) is 1. The molecule has 1 aromatic carbocycles. The molecule has 0 bridgehead atoms. The summed E-state index contributed by atoms with van der Waals surface area (Å²) in [4.78, 5) is 0. The van der Waals surface area contributed by atoms with E-state index in [4.69, 9.17) is 4.74 Å². The first-order valence-corrected chi connectivity index (χ1v) is 5.17. The Morgan fingerprint density at radius 2 is 2.36 bits per heavy atom. The zero-order valence-corrected chi connectivity index (χ0v) is 8.66. The first-order chi connectivity index (χ1) is 6.72. The van der Waals surface area contributed by atoms with Crippen LogP contribution in [0.15, 0.2) is 18.2 Å². The first-order valence-electron chi connectivity index (χ1n) is 5.17. The van der Waals surface area contributed by atoms with Crippen molar-refractivity contribution in [3.05, 3.63) is 29.3 Å². The van der Waals surface area contributed by atoms with Crippen LogP contribution >= 0.6 is 0 Å². The molecule has 2 unspecified atom stereocenters. The zero-order chi connectivity index (χ0) is 10.1. The van der Waals surface area contributed by atoms with Crippen LogP contribution in [-0.2, 0) is 0 Å². The van der Waals surface area contributed by atoms with Crippen LogP contribution in [0.1, 0.15) is 43.4 Å². The van der Waals surface area contributed by atoms with Gasteiger partial charge >= 0.3 is 0 Å². The summed E-state index contributed by atoms with van der Waals surface area (Å²) in [5, 5.41) is 9.64. The molecule has 1 aromatic rings. The van der Waals surface area contributed by atoms with Gasteiger partial charge in [0.25, 0.3) is 0 Å². The molecule has 2 heteroatoms. The van der Waals surface area contributed by atoms with E-state index in [1.165, 1.54) is 5.56 Å². The summed E-state index contributed by atoms with van der Waals surface area (Å²) in [6.45, 7) is 4.77. The topological polar surface area (TPSA) is 29.5 Å². The van der Waals surface area contributed by atoms with Crippen LogP contribution < -0.4 is 4.74 Å². The number of hydrogen-bond acceptors (Lipinski definition) is 2. The molecule has 2 nitrogen and oxygen atoms in total. The van der Waals surface area contributed by atoms with Crippen molar-refractivity contribution in [1.82, 2.24) is 0 Å². The van der Waals surface area contributed by atoms with Gasteiger partial charge < -0.3 is 9.84 Å². The van der Waals surface area contributed by atoms with Gasteiger partial charge in [0.2, 0.25) is 0 Å². The predicted molar refractivity (Wildman–Crippen MR) is 55.6 cm³/mol. The zero-order valence-electron chi connectivity index (χ0n) is 8.66. The van der Waals surface area contributed by atoms with E-state index in [0.29, 0.717) is 12.5 Å². The molecule has 0 aromatic heterocycles. The van der Waals surface area contributed by atoms with E-state index in [1.54, 1.807) is 0 Å². The third kappa shape index (κ3) is 1.50. The average Bonchev–Trinajstić information content (AvgIpc) is 2.59. The molecule has 1 heterocycles. The fourth-order valence-corrected chi connectivity index (χ4v) is 1.76. The van der Waals surface area contributed by atoms with E-state index in [-0.39, 0.29) is 0 Å². The van der Waals surface area contributed by atoms with Crippen molar-refractivity contribution < 1.29 is 9.84 Å². The molecular weight excluding hydrogens is 176 g/mol. The fraction of sp³-hybridized carbons (Fsp3) is 0.500. The Morgan fingerprint density at radius 3 is 3.07 bits per heavy atom. The Kier molecular flexibility index (Phi) is 2.46. The summed E-state index contributed by atoms with van der Waals surface area (Å²) in [5.41, 5.74) is 2.23. The van der Waals surface area contributed by atoms with Crippen LogP contribution in [0.4, 0.5) is 0 Å². The highest BCUT2D eigenvalue weighted by Crippen LogP contribution is 2.34. The normalized spacial score (nSPS) is 21.5. The molecule has 0 spiro atoms. The second kappa shape index (κ2) is 3.62. The lowest BCUT2D eigenvalue weighted by Gasteiger charge is -2.10. The quantitative estimate of drug-likeness (QED) is 0.780. The van der Waals surface area contributed by atoms with Crippen LogP contribution in [0.3, 0.4) is 0 Å². The maximum Gasteiger partial charge on any atom is 0.125 e. The van der Waals surface area contributed by atoms with Crippen molar-refractivity contribution in [3.63, 3.8) is 0 Å². The monoisotopic (exact) mass is 192 g/mol. The molecule has 1 aliphatic heterocycles. The SMILES string of the molecule is CCC(C)c1ccc2c(c1)C(O)CO2. The highest BCUT2D eigenvalue weighted by atomic mass is 16.5. The minimum atomic E-state index is -0.436. The Morgan fingerprint density at radius 1 is 1.57 bits per heavy atom. The molecule has 0 radical (unpaired) electrons. The van der Waals surface area contributed by atoms with E-state index in [2.05, 4.69) is 26.0 Å². The van der Waals surface area contributed by atoms with Crippen molar-refractivity contribution >= 4 is 0 Å². The van der Waals surface area contributed by atoms with E-state index in [0.717, 1.165) is 17.7 Å². The van der Waals surface area contributed by atoms with Crippen molar-refractivity contribution in [2.24, 2.45) is 0 Å². The molecule has 1 aliphatic rings. The molecule has 0 fully saturated rings. The lowest BCUT2D eigenvalue weighted by Crippen LogP contribution is -1.98. The van der Waals surface area contributed by atoms with Gasteiger partial charge in [-0.15, -0.1) is 0 Å². The summed E-state index contributed by atoms with van der Waals surface area (Å²) in [5.74, 6) is 1.39. The Labute approximate surface area is 84.5 Å². The van der Waals surface area contributed by atoms with E-state index in [9.17, 15) is 5.11 Å². The molecular formula is C12H16O2. The summed E-state index contributed by atoms with van der Waals surface area (Å²) in [6, 6.07) is 6.12. The van der Waals surface area contributed by atoms with E-state index >= 15 is 0 Å². The number of hydrogen-bond donors (Lipinski definition) is 1. The largest absolute Gasteiger partial charge is 0.490 e. The summed E-state index contributed by atoms with van der Waals surface area (Å²) in [7, 11) is 0. The molecule has 76 valence electrons. The maximum absolute atomic E-state index is 9.64. The molecule has 0 amide bonds. The standard InChI is InChI=1S/C12H16O2/c1-3-8(2)9-4-5-12-10(6-9)11(13)7-14-12/h4-6,8,11,13H,3,7H2,1-2H3. The molecule has 1 N–H and O–H groups in total. The van der Waals surface area contributed by atoms with Crippen molar-refractivity contribution in [2.75, 3.05) is 6.61 Å². The van der Waals surface area contributed by atoms with Crippen LogP contribution in [0, 0.1) is 0 Å². The van der Waals surface area contributed by atoms with Crippen molar-refractivity contribution in [1.29, 1.82) is 0 Å².